The molecule has 12 heteroatoms. The number of urea groups is 1. The first-order chi connectivity index (χ1) is 15.5. The lowest BCUT2D eigenvalue weighted by Gasteiger charge is -2.18. The van der Waals surface area contributed by atoms with Crippen molar-refractivity contribution in [2.45, 2.75) is 36.3 Å². The van der Waals surface area contributed by atoms with E-state index in [4.69, 9.17) is 5.11 Å². The number of carboxylic acid groups (broad SMARTS) is 1. The molecule has 0 bridgehead atoms. The number of nitrogens with zero attached hydrogens (tertiary/aromatic N) is 2. The predicted molar refractivity (Wildman–Crippen MR) is 126 cm³/mol. The Kier molecular flexibility index (Phi) is 7.38. The first kappa shape index (κ1) is 24.6. The van der Waals surface area contributed by atoms with Gasteiger partial charge in [0.15, 0.2) is 20.8 Å². The van der Waals surface area contributed by atoms with Crippen LogP contribution in [-0.4, -0.2) is 56.6 Å². The molecule has 1 aliphatic carbocycles. The number of nitrogens with one attached hydrogen (secondary N) is 2. The third-order valence-corrected chi connectivity index (χ3v) is 8.17. The van der Waals surface area contributed by atoms with E-state index >= 15 is 0 Å². The Morgan fingerprint density at radius 2 is 1.85 bits per heavy atom. The number of benzene rings is 1. The minimum absolute atomic E-state index is 0.0242. The Morgan fingerprint density at radius 3 is 2.42 bits per heavy atom. The number of carbonyl (C=O) groups is 3. The second kappa shape index (κ2) is 9.87. The number of sulfone groups is 1. The number of hydrogen-bond donors (Lipinski definition) is 3. The maximum absolute atomic E-state index is 13.1. The summed E-state index contributed by atoms with van der Waals surface area (Å²) >= 11 is 0.677. The molecule has 33 heavy (non-hydrogen) atoms. The van der Waals surface area contributed by atoms with E-state index in [9.17, 15) is 22.8 Å². The lowest BCUT2D eigenvalue weighted by molar-refractivity contribution is -0.136. The first-order valence-corrected chi connectivity index (χ1v) is 13.0. The molecular formula is C21H26N4O6S2. The van der Waals surface area contributed by atoms with Gasteiger partial charge in [0.05, 0.1) is 17.8 Å². The summed E-state index contributed by atoms with van der Waals surface area (Å²) in [6, 6.07) is 4.45. The van der Waals surface area contributed by atoms with Crippen LogP contribution in [0.5, 0.6) is 0 Å². The first-order valence-electron chi connectivity index (χ1n) is 10.3. The maximum Gasteiger partial charge on any atom is 0.325 e. The van der Waals surface area contributed by atoms with Crippen LogP contribution in [0.15, 0.2) is 22.4 Å². The third kappa shape index (κ3) is 6.08. The third-order valence-electron chi connectivity index (χ3n) is 5.30. The fourth-order valence-corrected chi connectivity index (χ4v) is 5.82. The van der Waals surface area contributed by atoms with E-state index in [2.05, 4.69) is 15.6 Å². The van der Waals surface area contributed by atoms with Crippen molar-refractivity contribution < 1.29 is 27.9 Å². The zero-order valence-corrected chi connectivity index (χ0v) is 20.2. The molecule has 3 rings (SSSR count). The number of carboxylic acids is 1. The van der Waals surface area contributed by atoms with Crippen molar-refractivity contribution in [2.75, 3.05) is 35.9 Å². The predicted octanol–water partition coefficient (Wildman–Crippen LogP) is 3.26. The summed E-state index contributed by atoms with van der Waals surface area (Å²) in [4.78, 5) is 42.6. The van der Waals surface area contributed by atoms with Crippen molar-refractivity contribution in [1.82, 2.24) is 4.98 Å². The second-order valence-corrected chi connectivity index (χ2v) is 11.4. The number of thiazole rings is 1. The summed E-state index contributed by atoms with van der Waals surface area (Å²) < 4.78 is 23.7. The molecule has 1 fully saturated rings. The van der Waals surface area contributed by atoms with Crippen LogP contribution in [-0.2, 0) is 21.1 Å². The van der Waals surface area contributed by atoms with Gasteiger partial charge in [-0.2, -0.15) is 0 Å². The normalized spacial score (nSPS) is 14.2. The van der Waals surface area contributed by atoms with Crippen molar-refractivity contribution in [3.05, 3.63) is 29.5 Å². The highest BCUT2D eigenvalue weighted by atomic mass is 32.2. The number of carbonyl (C=O) groups excluding carboxylic acids is 2. The van der Waals surface area contributed by atoms with Gasteiger partial charge in [-0.3, -0.25) is 14.9 Å². The fraction of sp³-hybridized carbons (Fsp3) is 0.429. The number of ketones is 1. The Balaban J connectivity index is 1.85. The van der Waals surface area contributed by atoms with E-state index in [1.165, 1.54) is 0 Å². The second-order valence-electron chi connectivity index (χ2n) is 8.14. The van der Waals surface area contributed by atoms with E-state index in [1.54, 1.807) is 18.2 Å². The molecule has 10 nitrogen and oxygen atoms in total. The van der Waals surface area contributed by atoms with Gasteiger partial charge in [0.1, 0.15) is 4.21 Å². The van der Waals surface area contributed by atoms with E-state index in [1.807, 2.05) is 19.0 Å². The molecule has 1 aliphatic rings. The number of Topliss-reactive ketones (excluding diaryl/α,β-unsaturated/α-hetero) is 1. The number of anilines is 3. The molecule has 1 saturated carbocycles. The Hall–Kier alpha value is -2.99. The van der Waals surface area contributed by atoms with Gasteiger partial charge in [-0.1, -0.05) is 24.2 Å². The van der Waals surface area contributed by atoms with Crippen LogP contribution in [0.25, 0.3) is 0 Å². The number of amides is 2. The van der Waals surface area contributed by atoms with Crippen LogP contribution in [0.3, 0.4) is 0 Å². The number of aliphatic carboxylic acids is 1. The Bertz CT molecular complexity index is 1180. The van der Waals surface area contributed by atoms with Gasteiger partial charge in [0.25, 0.3) is 0 Å². The van der Waals surface area contributed by atoms with Crippen molar-refractivity contribution in [3.8, 4) is 0 Å². The Labute approximate surface area is 195 Å². The van der Waals surface area contributed by atoms with Gasteiger partial charge in [-0.05, 0) is 31.0 Å². The summed E-state index contributed by atoms with van der Waals surface area (Å²) in [6.45, 7) is 0. The van der Waals surface area contributed by atoms with Crippen molar-refractivity contribution >= 4 is 55.5 Å². The van der Waals surface area contributed by atoms with E-state index < -0.39 is 28.3 Å². The standard InChI is InChI=1S/C21H26N4O6S2/c1-25(2)13-8-9-15(14(10-13)18(28)12-6-4-5-7-12)22-20(29)24-21-23-16(11-17(26)27)19(32-21)33(3,30)31/h8-10,12H,4-7,11H2,1-3H3,(H,26,27)(H2,22,23,24,29). The average molecular weight is 495 g/mol. The minimum Gasteiger partial charge on any atom is -0.481 e. The molecule has 0 aliphatic heterocycles. The summed E-state index contributed by atoms with van der Waals surface area (Å²) in [5.74, 6) is -1.35. The zero-order chi connectivity index (χ0) is 24.3. The molecule has 0 unspecified atom stereocenters. The molecule has 1 heterocycles. The molecule has 3 N–H and O–H groups in total. The molecule has 0 radical (unpaired) electrons. The highest BCUT2D eigenvalue weighted by molar-refractivity contribution is 7.92. The smallest absolute Gasteiger partial charge is 0.325 e. The SMILES string of the molecule is CN(C)c1ccc(NC(=O)Nc2nc(CC(=O)O)c(S(C)(=O)=O)s2)c(C(=O)C2CCCC2)c1. The lowest BCUT2D eigenvalue weighted by Crippen LogP contribution is -2.22. The zero-order valence-electron chi connectivity index (χ0n) is 18.5. The topological polar surface area (TPSA) is 146 Å². The number of aromatic nitrogens is 1. The molecule has 0 atom stereocenters. The van der Waals surface area contributed by atoms with Crippen LogP contribution in [0.2, 0.25) is 0 Å². The fourth-order valence-electron chi connectivity index (χ4n) is 3.72. The summed E-state index contributed by atoms with van der Waals surface area (Å²) in [7, 11) is -0.00836. The molecule has 1 aromatic carbocycles. The average Bonchev–Trinajstić information content (AvgIpc) is 3.37. The van der Waals surface area contributed by atoms with E-state index in [0.717, 1.165) is 37.6 Å². The largest absolute Gasteiger partial charge is 0.481 e. The van der Waals surface area contributed by atoms with Crippen molar-refractivity contribution in [2.24, 2.45) is 5.92 Å². The highest BCUT2D eigenvalue weighted by Gasteiger charge is 2.27. The van der Waals surface area contributed by atoms with Crippen LogP contribution in [0.1, 0.15) is 41.7 Å². The number of rotatable bonds is 8. The van der Waals surface area contributed by atoms with Gasteiger partial charge in [-0.15, -0.1) is 0 Å². The maximum atomic E-state index is 13.1. The highest BCUT2D eigenvalue weighted by Crippen LogP contribution is 2.33. The van der Waals surface area contributed by atoms with Gasteiger partial charge in [0.2, 0.25) is 0 Å². The Morgan fingerprint density at radius 1 is 1.18 bits per heavy atom. The lowest BCUT2D eigenvalue weighted by atomic mass is 9.94. The summed E-state index contributed by atoms with van der Waals surface area (Å²) in [5.41, 5.74) is 1.42. The van der Waals surface area contributed by atoms with Gasteiger partial charge < -0.3 is 15.3 Å². The van der Waals surface area contributed by atoms with Crippen LogP contribution in [0.4, 0.5) is 21.3 Å². The minimum atomic E-state index is -3.72. The molecule has 0 saturated heterocycles. The van der Waals surface area contributed by atoms with Crippen LogP contribution >= 0.6 is 11.3 Å². The van der Waals surface area contributed by atoms with E-state index in [0.29, 0.717) is 22.6 Å². The van der Waals surface area contributed by atoms with Gasteiger partial charge in [0, 0.05) is 37.5 Å². The molecule has 2 amide bonds. The summed E-state index contributed by atoms with van der Waals surface area (Å²) in [5, 5.41) is 14.1. The van der Waals surface area contributed by atoms with Crippen molar-refractivity contribution in [3.63, 3.8) is 0 Å². The molecule has 178 valence electrons. The van der Waals surface area contributed by atoms with Crippen molar-refractivity contribution in [1.29, 1.82) is 0 Å². The quantitative estimate of drug-likeness (QED) is 0.474. The van der Waals surface area contributed by atoms with Gasteiger partial charge in [-0.25, -0.2) is 18.2 Å². The molecule has 2 aromatic rings. The molecule has 0 spiro atoms. The van der Waals surface area contributed by atoms with Crippen LogP contribution in [0, 0.1) is 5.92 Å². The number of hydrogen-bond acceptors (Lipinski definition) is 8. The van der Waals surface area contributed by atoms with Gasteiger partial charge >= 0.3 is 12.0 Å². The van der Waals surface area contributed by atoms with Crippen LogP contribution < -0.4 is 15.5 Å². The molecular weight excluding hydrogens is 468 g/mol. The van der Waals surface area contributed by atoms with E-state index in [-0.39, 0.29) is 26.7 Å². The summed E-state index contributed by atoms with van der Waals surface area (Å²) in [6.07, 6.45) is 3.99. The monoisotopic (exact) mass is 494 g/mol. The molecule has 1 aromatic heterocycles.